The van der Waals surface area contributed by atoms with Gasteiger partial charge in [-0.3, -0.25) is 4.79 Å². The molecule has 1 fully saturated rings. The number of hydrogen-bond acceptors (Lipinski definition) is 5. The van der Waals surface area contributed by atoms with Crippen molar-refractivity contribution in [2.45, 2.75) is 18.5 Å². The normalized spacial score (nSPS) is 16.8. The first-order chi connectivity index (χ1) is 9.11. The van der Waals surface area contributed by atoms with Crippen LogP contribution in [0.15, 0.2) is 11.4 Å². The summed E-state index contributed by atoms with van der Waals surface area (Å²) in [4.78, 5) is 17.4. The Balaban J connectivity index is 2.16. The van der Waals surface area contributed by atoms with Crippen molar-refractivity contribution in [3.63, 3.8) is 0 Å². The van der Waals surface area contributed by atoms with Gasteiger partial charge in [0.25, 0.3) is 0 Å². The number of aromatic nitrogens is 2. The molecule has 0 bridgehead atoms. The molecule has 0 aliphatic carbocycles. The largest absolute Gasteiger partial charge is 0.481 e. The van der Waals surface area contributed by atoms with Crippen LogP contribution in [0.4, 0.5) is 0 Å². The fourth-order valence-electron chi connectivity index (χ4n) is 2.13. The first-order valence-corrected chi connectivity index (χ1v) is 7.45. The Morgan fingerprint density at radius 3 is 2.68 bits per heavy atom. The summed E-state index contributed by atoms with van der Waals surface area (Å²) < 4.78 is 2.10. The Morgan fingerprint density at radius 1 is 1.42 bits per heavy atom. The maximum absolute atomic E-state index is 10.7. The SMILES string of the molecule is CCc1cnc(SCC(=O)O)n1N1CCN(C)CC1. The number of hydrogen-bond donors (Lipinski definition) is 1. The molecule has 0 amide bonds. The van der Waals surface area contributed by atoms with E-state index in [0.717, 1.165) is 43.5 Å². The molecule has 7 heteroatoms. The smallest absolute Gasteiger partial charge is 0.313 e. The average Bonchev–Trinajstić information content (AvgIpc) is 2.80. The fourth-order valence-corrected chi connectivity index (χ4v) is 2.86. The minimum absolute atomic E-state index is 0.0495. The zero-order chi connectivity index (χ0) is 13.8. The van der Waals surface area contributed by atoms with Crippen LogP contribution in [0.2, 0.25) is 0 Å². The van der Waals surface area contributed by atoms with Crippen molar-refractivity contribution in [3.05, 3.63) is 11.9 Å². The third-order valence-electron chi connectivity index (χ3n) is 3.23. The molecule has 0 unspecified atom stereocenters. The van der Waals surface area contributed by atoms with Gasteiger partial charge >= 0.3 is 5.97 Å². The number of likely N-dealkylation sites (N-methyl/N-ethyl adjacent to an activating group) is 1. The number of aliphatic carboxylic acids is 1. The Labute approximate surface area is 117 Å². The van der Waals surface area contributed by atoms with Gasteiger partial charge in [0.05, 0.1) is 17.6 Å². The van der Waals surface area contributed by atoms with Gasteiger partial charge in [0, 0.05) is 26.2 Å². The zero-order valence-electron chi connectivity index (χ0n) is 11.4. The Bertz CT molecular complexity index is 441. The summed E-state index contributed by atoms with van der Waals surface area (Å²) in [5.41, 5.74) is 1.14. The van der Waals surface area contributed by atoms with Gasteiger partial charge in [-0.2, -0.15) is 0 Å². The lowest BCUT2D eigenvalue weighted by molar-refractivity contribution is -0.133. The van der Waals surface area contributed by atoms with E-state index < -0.39 is 5.97 Å². The van der Waals surface area contributed by atoms with E-state index in [1.54, 1.807) is 0 Å². The van der Waals surface area contributed by atoms with Gasteiger partial charge in [0.2, 0.25) is 0 Å². The molecular weight excluding hydrogens is 264 g/mol. The van der Waals surface area contributed by atoms with Gasteiger partial charge < -0.3 is 15.0 Å². The summed E-state index contributed by atoms with van der Waals surface area (Å²) in [7, 11) is 2.12. The topological polar surface area (TPSA) is 61.6 Å². The highest BCUT2D eigenvalue weighted by molar-refractivity contribution is 7.99. The van der Waals surface area contributed by atoms with E-state index in [4.69, 9.17) is 5.11 Å². The van der Waals surface area contributed by atoms with E-state index in [0.29, 0.717) is 0 Å². The Hall–Kier alpha value is -1.21. The number of carboxylic acids is 1. The third kappa shape index (κ3) is 3.42. The van der Waals surface area contributed by atoms with E-state index in [1.807, 2.05) is 6.20 Å². The van der Waals surface area contributed by atoms with Crippen LogP contribution in [0.3, 0.4) is 0 Å². The van der Waals surface area contributed by atoms with Crippen LogP contribution in [0, 0.1) is 0 Å². The molecular formula is C12H20N4O2S. The van der Waals surface area contributed by atoms with Crippen molar-refractivity contribution in [2.24, 2.45) is 0 Å². The highest BCUT2D eigenvalue weighted by Gasteiger charge is 2.20. The summed E-state index contributed by atoms with van der Waals surface area (Å²) in [5.74, 6) is -0.760. The molecule has 2 heterocycles. The highest BCUT2D eigenvalue weighted by Crippen LogP contribution is 2.20. The van der Waals surface area contributed by atoms with Crippen LogP contribution in [-0.4, -0.2) is 64.6 Å². The summed E-state index contributed by atoms with van der Waals surface area (Å²) in [6, 6.07) is 0. The van der Waals surface area contributed by atoms with Crippen molar-refractivity contribution in [2.75, 3.05) is 44.0 Å². The molecule has 1 saturated heterocycles. The van der Waals surface area contributed by atoms with Crippen LogP contribution in [0.1, 0.15) is 12.6 Å². The molecule has 1 aliphatic rings. The van der Waals surface area contributed by atoms with Gasteiger partial charge in [0.1, 0.15) is 0 Å². The lowest BCUT2D eigenvalue weighted by Crippen LogP contribution is -2.50. The minimum atomic E-state index is -0.809. The van der Waals surface area contributed by atoms with Gasteiger partial charge in [0.15, 0.2) is 5.16 Å². The summed E-state index contributed by atoms with van der Waals surface area (Å²) in [6.45, 7) is 6.02. The zero-order valence-corrected chi connectivity index (χ0v) is 12.2. The lowest BCUT2D eigenvalue weighted by atomic mass is 10.3. The maximum atomic E-state index is 10.7. The van der Waals surface area contributed by atoms with Crippen molar-refractivity contribution in [1.29, 1.82) is 0 Å². The molecule has 0 aromatic carbocycles. The van der Waals surface area contributed by atoms with Gasteiger partial charge in [-0.25, -0.2) is 9.66 Å². The second-order valence-corrected chi connectivity index (χ2v) is 5.58. The predicted octanol–water partition coefficient (Wildman–Crippen LogP) is 0.506. The number of carbonyl (C=O) groups is 1. The van der Waals surface area contributed by atoms with Crippen molar-refractivity contribution >= 4 is 17.7 Å². The standard InChI is InChI=1S/C12H20N4O2S/c1-3-10-8-13-12(19-9-11(17)18)16(10)15-6-4-14(2)5-7-15/h8H,3-7,9H2,1-2H3,(H,17,18). The summed E-state index contributed by atoms with van der Waals surface area (Å²) in [5, 5.41) is 11.8. The van der Waals surface area contributed by atoms with Gasteiger partial charge in [-0.15, -0.1) is 0 Å². The fraction of sp³-hybridized carbons (Fsp3) is 0.667. The second kappa shape index (κ2) is 6.29. The Kier molecular flexibility index (Phi) is 4.71. The summed E-state index contributed by atoms with van der Waals surface area (Å²) >= 11 is 1.28. The average molecular weight is 284 g/mol. The molecule has 1 aliphatic heterocycles. The second-order valence-electron chi connectivity index (χ2n) is 4.64. The number of thioether (sulfide) groups is 1. The number of carboxylic acid groups (broad SMARTS) is 1. The van der Waals surface area contributed by atoms with E-state index >= 15 is 0 Å². The van der Waals surface area contributed by atoms with Crippen LogP contribution < -0.4 is 5.01 Å². The molecule has 0 radical (unpaired) electrons. The van der Waals surface area contributed by atoms with E-state index in [1.165, 1.54) is 11.8 Å². The molecule has 106 valence electrons. The molecule has 19 heavy (non-hydrogen) atoms. The maximum Gasteiger partial charge on any atom is 0.313 e. The molecule has 1 N–H and O–H groups in total. The number of nitrogens with zero attached hydrogens (tertiary/aromatic N) is 4. The number of piperazine rings is 1. The first-order valence-electron chi connectivity index (χ1n) is 6.46. The quantitative estimate of drug-likeness (QED) is 0.795. The summed E-state index contributed by atoms with van der Waals surface area (Å²) in [6.07, 6.45) is 2.75. The van der Waals surface area contributed by atoms with Crippen LogP contribution >= 0.6 is 11.8 Å². The number of imidazole rings is 1. The van der Waals surface area contributed by atoms with Crippen LogP contribution in [0.25, 0.3) is 0 Å². The lowest BCUT2D eigenvalue weighted by Gasteiger charge is -2.36. The van der Waals surface area contributed by atoms with E-state index in [-0.39, 0.29) is 5.75 Å². The van der Waals surface area contributed by atoms with Crippen molar-refractivity contribution < 1.29 is 9.90 Å². The van der Waals surface area contributed by atoms with E-state index in [2.05, 4.69) is 33.5 Å². The van der Waals surface area contributed by atoms with Crippen LogP contribution in [0.5, 0.6) is 0 Å². The minimum Gasteiger partial charge on any atom is -0.481 e. The predicted molar refractivity (Wildman–Crippen MR) is 75.4 cm³/mol. The molecule has 1 aromatic rings. The number of aryl methyl sites for hydroxylation is 1. The van der Waals surface area contributed by atoms with Gasteiger partial charge in [-0.1, -0.05) is 18.7 Å². The monoisotopic (exact) mass is 284 g/mol. The highest BCUT2D eigenvalue weighted by atomic mass is 32.2. The Morgan fingerprint density at radius 2 is 2.11 bits per heavy atom. The van der Waals surface area contributed by atoms with Crippen LogP contribution in [-0.2, 0) is 11.2 Å². The van der Waals surface area contributed by atoms with Crippen molar-refractivity contribution in [1.82, 2.24) is 14.6 Å². The first kappa shape index (κ1) is 14.2. The third-order valence-corrected chi connectivity index (χ3v) is 4.15. The molecule has 0 spiro atoms. The molecule has 0 atom stereocenters. The molecule has 2 rings (SSSR count). The number of rotatable bonds is 5. The molecule has 1 aromatic heterocycles. The molecule has 0 saturated carbocycles. The van der Waals surface area contributed by atoms with E-state index in [9.17, 15) is 4.79 Å². The van der Waals surface area contributed by atoms with Gasteiger partial charge in [-0.05, 0) is 13.5 Å². The van der Waals surface area contributed by atoms with Crippen molar-refractivity contribution in [3.8, 4) is 0 Å². The molecule has 6 nitrogen and oxygen atoms in total.